The molecule has 0 atom stereocenters. The molecule has 2 heterocycles. The van der Waals surface area contributed by atoms with Gasteiger partial charge >= 0.3 is 0 Å². The van der Waals surface area contributed by atoms with Crippen molar-refractivity contribution in [3.05, 3.63) is 89.6 Å². The lowest BCUT2D eigenvalue weighted by molar-refractivity contribution is 0.101. The molecule has 8 nitrogen and oxygen atoms in total. The van der Waals surface area contributed by atoms with E-state index in [1.54, 1.807) is 6.20 Å². The third kappa shape index (κ3) is 6.05. The standard InChI is InChI=1S/C26H28N6O2/c1-18-9-10-21(34-14-13-32(2)3)17-22(18)20-11-12-27-23(16-20)29-26(33)25-28-24(30-31-25)15-19-7-5-4-6-8-19/h4-12,16-17H,13-15H2,1-3H3,(H,27,29,33)(H,28,30,31). The van der Waals surface area contributed by atoms with E-state index in [0.717, 1.165) is 34.5 Å². The Labute approximate surface area is 199 Å². The first kappa shape index (κ1) is 23.1. The molecule has 2 aromatic carbocycles. The number of aromatic amines is 1. The molecule has 1 amide bonds. The second-order valence-corrected chi connectivity index (χ2v) is 8.30. The van der Waals surface area contributed by atoms with E-state index in [1.165, 1.54) is 0 Å². The van der Waals surface area contributed by atoms with Crippen LogP contribution in [0.2, 0.25) is 0 Å². The number of hydrogen-bond donors (Lipinski definition) is 2. The fourth-order valence-corrected chi connectivity index (χ4v) is 3.46. The minimum absolute atomic E-state index is 0.144. The highest BCUT2D eigenvalue weighted by Crippen LogP contribution is 2.29. The Morgan fingerprint density at radius 2 is 1.88 bits per heavy atom. The number of H-pyrrole nitrogens is 1. The van der Waals surface area contributed by atoms with E-state index in [1.807, 2.05) is 81.7 Å². The van der Waals surface area contributed by atoms with Crippen LogP contribution in [0.3, 0.4) is 0 Å². The lowest BCUT2D eigenvalue weighted by atomic mass is 10.0. The molecule has 4 aromatic rings. The number of aryl methyl sites for hydroxylation is 1. The molecule has 174 valence electrons. The maximum absolute atomic E-state index is 12.7. The van der Waals surface area contributed by atoms with E-state index in [2.05, 4.69) is 30.4 Å². The number of aromatic nitrogens is 4. The quantitative estimate of drug-likeness (QED) is 0.396. The predicted octanol–water partition coefficient (Wildman–Crippen LogP) is 3.96. The SMILES string of the molecule is Cc1ccc(OCCN(C)C)cc1-c1ccnc(NC(=O)c2nnc(Cc3ccccc3)[nH]2)c1. The number of nitrogens with one attached hydrogen (secondary N) is 2. The molecule has 8 heteroatoms. The zero-order valence-electron chi connectivity index (χ0n) is 19.6. The Morgan fingerprint density at radius 1 is 1.06 bits per heavy atom. The lowest BCUT2D eigenvalue weighted by Gasteiger charge is -2.13. The summed E-state index contributed by atoms with van der Waals surface area (Å²) in [5, 5.41) is 10.9. The highest BCUT2D eigenvalue weighted by Gasteiger charge is 2.14. The number of carbonyl (C=O) groups excluding carboxylic acids is 1. The molecular weight excluding hydrogens is 428 g/mol. The molecule has 0 fully saturated rings. The van der Waals surface area contributed by atoms with Gasteiger partial charge in [0.15, 0.2) is 0 Å². The van der Waals surface area contributed by atoms with Crippen molar-refractivity contribution in [2.75, 3.05) is 32.6 Å². The van der Waals surface area contributed by atoms with Crippen molar-refractivity contribution in [2.24, 2.45) is 0 Å². The van der Waals surface area contributed by atoms with Gasteiger partial charge < -0.3 is 19.9 Å². The van der Waals surface area contributed by atoms with Gasteiger partial charge in [-0.05, 0) is 67.5 Å². The third-order valence-electron chi connectivity index (χ3n) is 5.29. The summed E-state index contributed by atoms with van der Waals surface area (Å²) in [4.78, 5) is 22.1. The van der Waals surface area contributed by atoms with Crippen LogP contribution >= 0.6 is 0 Å². The Bertz CT molecular complexity index is 1250. The first-order valence-corrected chi connectivity index (χ1v) is 11.1. The van der Waals surface area contributed by atoms with E-state index < -0.39 is 5.91 Å². The Hall–Kier alpha value is -4.04. The van der Waals surface area contributed by atoms with Crippen molar-refractivity contribution in [3.63, 3.8) is 0 Å². The topological polar surface area (TPSA) is 96.0 Å². The van der Waals surface area contributed by atoms with Crippen molar-refractivity contribution in [2.45, 2.75) is 13.3 Å². The molecule has 0 unspecified atom stereocenters. The van der Waals surface area contributed by atoms with Crippen LogP contribution < -0.4 is 10.1 Å². The summed E-state index contributed by atoms with van der Waals surface area (Å²) < 4.78 is 5.89. The maximum Gasteiger partial charge on any atom is 0.294 e. The number of anilines is 1. The van der Waals surface area contributed by atoms with Gasteiger partial charge in [0, 0.05) is 19.2 Å². The van der Waals surface area contributed by atoms with E-state index in [0.29, 0.717) is 24.7 Å². The van der Waals surface area contributed by atoms with Gasteiger partial charge in [-0.25, -0.2) is 4.98 Å². The number of amides is 1. The average Bonchev–Trinajstić information content (AvgIpc) is 3.29. The van der Waals surface area contributed by atoms with E-state index in [9.17, 15) is 4.79 Å². The number of nitrogens with zero attached hydrogens (tertiary/aromatic N) is 4. The van der Waals surface area contributed by atoms with Gasteiger partial charge in [0.2, 0.25) is 5.82 Å². The van der Waals surface area contributed by atoms with Crippen LogP contribution in [0.25, 0.3) is 11.1 Å². The molecule has 0 aliphatic heterocycles. The monoisotopic (exact) mass is 456 g/mol. The van der Waals surface area contributed by atoms with Crippen LogP contribution in [-0.2, 0) is 6.42 Å². The molecule has 34 heavy (non-hydrogen) atoms. The van der Waals surface area contributed by atoms with Gasteiger partial charge in [-0.1, -0.05) is 36.4 Å². The zero-order valence-corrected chi connectivity index (χ0v) is 19.6. The molecule has 4 rings (SSSR count). The average molecular weight is 457 g/mol. The van der Waals surface area contributed by atoms with Crippen LogP contribution in [0.5, 0.6) is 5.75 Å². The predicted molar refractivity (Wildman–Crippen MR) is 132 cm³/mol. The Morgan fingerprint density at radius 3 is 2.68 bits per heavy atom. The maximum atomic E-state index is 12.7. The summed E-state index contributed by atoms with van der Waals surface area (Å²) in [5.41, 5.74) is 4.14. The number of hydrogen-bond acceptors (Lipinski definition) is 6. The molecular formula is C26H28N6O2. The zero-order chi connectivity index (χ0) is 23.9. The first-order valence-electron chi connectivity index (χ1n) is 11.1. The molecule has 0 bridgehead atoms. The van der Waals surface area contributed by atoms with Crippen LogP contribution in [0.15, 0.2) is 66.9 Å². The molecule has 0 saturated carbocycles. The van der Waals surface area contributed by atoms with Crippen molar-refractivity contribution in [1.29, 1.82) is 0 Å². The van der Waals surface area contributed by atoms with Crippen LogP contribution in [0.4, 0.5) is 5.82 Å². The van der Waals surface area contributed by atoms with Crippen LogP contribution in [0.1, 0.15) is 27.6 Å². The summed E-state index contributed by atoms with van der Waals surface area (Å²) in [6.07, 6.45) is 2.24. The summed E-state index contributed by atoms with van der Waals surface area (Å²) >= 11 is 0. The minimum Gasteiger partial charge on any atom is -0.492 e. The summed E-state index contributed by atoms with van der Waals surface area (Å²) in [6, 6.07) is 19.6. The molecule has 0 aliphatic rings. The first-order chi connectivity index (χ1) is 16.5. The fourth-order valence-electron chi connectivity index (χ4n) is 3.46. The van der Waals surface area contributed by atoms with Crippen molar-refractivity contribution in [1.82, 2.24) is 25.1 Å². The molecule has 0 aliphatic carbocycles. The molecule has 2 aromatic heterocycles. The highest BCUT2D eigenvalue weighted by atomic mass is 16.5. The van der Waals surface area contributed by atoms with Crippen molar-refractivity contribution < 1.29 is 9.53 Å². The summed E-state index contributed by atoms with van der Waals surface area (Å²) in [5.74, 6) is 1.61. The molecule has 0 saturated heterocycles. The smallest absolute Gasteiger partial charge is 0.294 e. The Balaban J connectivity index is 1.45. The fraction of sp³-hybridized carbons (Fsp3) is 0.231. The van der Waals surface area contributed by atoms with Gasteiger partial charge in [0.05, 0.1) is 0 Å². The number of pyridine rings is 1. The molecule has 2 N–H and O–H groups in total. The summed E-state index contributed by atoms with van der Waals surface area (Å²) in [7, 11) is 4.03. The van der Waals surface area contributed by atoms with Gasteiger partial charge in [-0.3, -0.25) is 4.79 Å². The van der Waals surface area contributed by atoms with E-state index >= 15 is 0 Å². The molecule has 0 radical (unpaired) electrons. The van der Waals surface area contributed by atoms with Crippen molar-refractivity contribution >= 4 is 11.7 Å². The molecule has 0 spiro atoms. The van der Waals surface area contributed by atoms with Crippen LogP contribution in [0, 0.1) is 6.92 Å². The van der Waals surface area contributed by atoms with Gasteiger partial charge in [0.1, 0.15) is 24.0 Å². The van der Waals surface area contributed by atoms with Crippen molar-refractivity contribution in [3.8, 4) is 16.9 Å². The third-order valence-corrected chi connectivity index (χ3v) is 5.29. The van der Waals surface area contributed by atoms with Gasteiger partial charge in [-0.2, -0.15) is 0 Å². The second kappa shape index (κ2) is 10.7. The normalized spacial score (nSPS) is 10.9. The van der Waals surface area contributed by atoms with E-state index in [-0.39, 0.29) is 5.82 Å². The Kier molecular flexibility index (Phi) is 7.29. The highest BCUT2D eigenvalue weighted by molar-refractivity contribution is 6.01. The number of carbonyl (C=O) groups is 1. The minimum atomic E-state index is -0.394. The summed E-state index contributed by atoms with van der Waals surface area (Å²) in [6.45, 7) is 3.49. The van der Waals surface area contributed by atoms with Gasteiger partial charge in [-0.15, -0.1) is 10.2 Å². The second-order valence-electron chi connectivity index (χ2n) is 8.30. The van der Waals surface area contributed by atoms with Gasteiger partial charge in [0.25, 0.3) is 5.91 Å². The number of ether oxygens (including phenoxy) is 1. The number of likely N-dealkylation sites (N-methyl/N-ethyl adjacent to an activating group) is 1. The van der Waals surface area contributed by atoms with E-state index in [4.69, 9.17) is 4.74 Å². The number of benzene rings is 2. The van der Waals surface area contributed by atoms with Crippen LogP contribution in [-0.4, -0.2) is 58.2 Å². The number of rotatable bonds is 9. The lowest BCUT2D eigenvalue weighted by Crippen LogP contribution is -2.19. The largest absolute Gasteiger partial charge is 0.492 e.